The third-order valence-corrected chi connectivity index (χ3v) is 3.96. The quantitative estimate of drug-likeness (QED) is 0.856. The summed E-state index contributed by atoms with van der Waals surface area (Å²) in [4.78, 5) is 12.1. The monoisotopic (exact) mass is 270 g/mol. The van der Waals surface area contributed by atoms with E-state index in [0.717, 1.165) is 19.3 Å². The van der Waals surface area contributed by atoms with Gasteiger partial charge in [0.2, 0.25) is 11.0 Å². The average molecular weight is 270 g/mol. The molecule has 0 spiro atoms. The zero-order valence-electron chi connectivity index (χ0n) is 10.6. The molecule has 100 valence electrons. The lowest BCUT2D eigenvalue weighted by atomic mass is 10.0. The summed E-state index contributed by atoms with van der Waals surface area (Å²) in [6, 6.07) is 0. The Balaban J connectivity index is 2.00. The van der Waals surface area contributed by atoms with Gasteiger partial charge in [0.05, 0.1) is 5.54 Å². The van der Waals surface area contributed by atoms with Crippen molar-refractivity contribution in [3.63, 3.8) is 0 Å². The second kappa shape index (κ2) is 5.19. The van der Waals surface area contributed by atoms with Crippen molar-refractivity contribution < 1.29 is 9.53 Å². The maximum atomic E-state index is 12.1. The predicted octanol–water partition coefficient (Wildman–Crippen LogP) is 1.04. The molecular formula is C11H18N4O2S. The zero-order chi connectivity index (χ0) is 13.2. The molecule has 1 atom stereocenters. The number of anilines is 1. The van der Waals surface area contributed by atoms with Gasteiger partial charge in [-0.15, -0.1) is 10.2 Å². The SMILES string of the molecule is CC(C)(NC(=O)C1CCCCO1)c1nnc(N)s1. The van der Waals surface area contributed by atoms with E-state index >= 15 is 0 Å². The van der Waals surface area contributed by atoms with Crippen molar-refractivity contribution in [1.82, 2.24) is 15.5 Å². The minimum absolute atomic E-state index is 0.0894. The van der Waals surface area contributed by atoms with E-state index < -0.39 is 5.54 Å². The van der Waals surface area contributed by atoms with Crippen molar-refractivity contribution in [3.05, 3.63) is 5.01 Å². The van der Waals surface area contributed by atoms with Crippen LogP contribution in [0.3, 0.4) is 0 Å². The van der Waals surface area contributed by atoms with Gasteiger partial charge in [0.15, 0.2) is 0 Å². The van der Waals surface area contributed by atoms with E-state index in [2.05, 4.69) is 15.5 Å². The number of carbonyl (C=O) groups excluding carboxylic acids is 1. The van der Waals surface area contributed by atoms with Crippen LogP contribution in [0.4, 0.5) is 5.13 Å². The largest absolute Gasteiger partial charge is 0.374 e. The van der Waals surface area contributed by atoms with Crippen LogP contribution in [0.15, 0.2) is 0 Å². The zero-order valence-corrected chi connectivity index (χ0v) is 11.4. The minimum atomic E-state index is -0.576. The molecule has 0 aliphatic carbocycles. The molecule has 2 rings (SSSR count). The van der Waals surface area contributed by atoms with E-state index in [-0.39, 0.29) is 12.0 Å². The number of nitrogen functional groups attached to an aromatic ring is 1. The number of rotatable bonds is 3. The lowest BCUT2D eigenvalue weighted by molar-refractivity contribution is -0.137. The van der Waals surface area contributed by atoms with E-state index in [9.17, 15) is 4.79 Å². The number of carbonyl (C=O) groups is 1. The molecule has 1 aliphatic heterocycles. The fourth-order valence-electron chi connectivity index (χ4n) is 1.88. The van der Waals surface area contributed by atoms with Crippen molar-refractivity contribution in [1.29, 1.82) is 0 Å². The van der Waals surface area contributed by atoms with Gasteiger partial charge >= 0.3 is 0 Å². The molecule has 7 heteroatoms. The number of amides is 1. The fraction of sp³-hybridized carbons (Fsp3) is 0.727. The molecule has 0 radical (unpaired) electrons. The van der Waals surface area contributed by atoms with Gasteiger partial charge in [0, 0.05) is 6.61 Å². The van der Waals surface area contributed by atoms with E-state index in [1.165, 1.54) is 11.3 Å². The molecule has 1 aromatic rings. The van der Waals surface area contributed by atoms with Gasteiger partial charge in [0.1, 0.15) is 11.1 Å². The molecule has 0 saturated carbocycles. The van der Waals surface area contributed by atoms with Crippen molar-refractivity contribution in [2.75, 3.05) is 12.3 Å². The fourth-order valence-corrected chi connectivity index (χ4v) is 2.54. The van der Waals surface area contributed by atoms with Crippen LogP contribution in [-0.4, -0.2) is 28.8 Å². The highest BCUT2D eigenvalue weighted by Gasteiger charge is 2.31. The van der Waals surface area contributed by atoms with Crippen molar-refractivity contribution in [3.8, 4) is 0 Å². The van der Waals surface area contributed by atoms with Crippen LogP contribution >= 0.6 is 11.3 Å². The van der Waals surface area contributed by atoms with E-state index in [4.69, 9.17) is 10.5 Å². The topological polar surface area (TPSA) is 90.1 Å². The van der Waals surface area contributed by atoms with Gasteiger partial charge in [-0.1, -0.05) is 11.3 Å². The van der Waals surface area contributed by atoms with E-state index in [1.54, 1.807) is 0 Å². The molecule has 3 N–H and O–H groups in total. The second-order valence-electron chi connectivity index (χ2n) is 4.91. The number of nitrogens with one attached hydrogen (secondary N) is 1. The number of aromatic nitrogens is 2. The van der Waals surface area contributed by atoms with Crippen LogP contribution in [0.25, 0.3) is 0 Å². The van der Waals surface area contributed by atoms with E-state index in [0.29, 0.717) is 16.7 Å². The van der Waals surface area contributed by atoms with Gasteiger partial charge in [-0.3, -0.25) is 4.79 Å². The molecule has 1 amide bonds. The Kier molecular flexibility index (Phi) is 3.82. The maximum Gasteiger partial charge on any atom is 0.249 e. The first kappa shape index (κ1) is 13.2. The van der Waals surface area contributed by atoms with Gasteiger partial charge in [0.25, 0.3) is 0 Å². The molecule has 18 heavy (non-hydrogen) atoms. The van der Waals surface area contributed by atoms with Gasteiger partial charge in [-0.25, -0.2) is 0 Å². The molecule has 2 heterocycles. The Hall–Kier alpha value is -1.21. The van der Waals surface area contributed by atoms with Gasteiger partial charge in [-0.05, 0) is 33.1 Å². The number of ether oxygens (including phenoxy) is 1. The molecule has 1 unspecified atom stereocenters. The Bertz CT molecular complexity index is 426. The van der Waals surface area contributed by atoms with Crippen LogP contribution in [-0.2, 0) is 15.1 Å². The highest BCUT2D eigenvalue weighted by Crippen LogP contribution is 2.25. The third-order valence-electron chi connectivity index (χ3n) is 2.88. The molecular weight excluding hydrogens is 252 g/mol. The summed E-state index contributed by atoms with van der Waals surface area (Å²) < 4.78 is 5.46. The van der Waals surface area contributed by atoms with Crippen molar-refractivity contribution in [2.45, 2.75) is 44.8 Å². The maximum absolute atomic E-state index is 12.1. The normalized spacial score (nSPS) is 20.7. The number of hydrogen-bond donors (Lipinski definition) is 2. The first-order valence-electron chi connectivity index (χ1n) is 6.02. The molecule has 0 aromatic carbocycles. The molecule has 1 aliphatic rings. The summed E-state index contributed by atoms with van der Waals surface area (Å²) in [7, 11) is 0. The summed E-state index contributed by atoms with van der Waals surface area (Å²) in [6.07, 6.45) is 2.49. The molecule has 6 nitrogen and oxygen atoms in total. The molecule has 1 saturated heterocycles. The van der Waals surface area contributed by atoms with Crippen molar-refractivity contribution in [2.24, 2.45) is 0 Å². The van der Waals surface area contributed by atoms with Crippen LogP contribution in [0.5, 0.6) is 0 Å². The lowest BCUT2D eigenvalue weighted by Crippen LogP contribution is -2.47. The summed E-state index contributed by atoms with van der Waals surface area (Å²) in [6.45, 7) is 4.42. The summed E-state index contributed by atoms with van der Waals surface area (Å²) in [5.74, 6) is -0.0894. The second-order valence-corrected chi connectivity index (χ2v) is 5.92. The smallest absolute Gasteiger partial charge is 0.249 e. The Morgan fingerprint density at radius 2 is 2.28 bits per heavy atom. The number of nitrogens with two attached hydrogens (primary N) is 1. The first-order valence-corrected chi connectivity index (χ1v) is 6.84. The highest BCUT2D eigenvalue weighted by atomic mass is 32.1. The molecule has 1 aromatic heterocycles. The van der Waals surface area contributed by atoms with Gasteiger partial charge < -0.3 is 15.8 Å². The summed E-state index contributed by atoms with van der Waals surface area (Å²) >= 11 is 1.28. The van der Waals surface area contributed by atoms with Crippen LogP contribution < -0.4 is 11.1 Å². The van der Waals surface area contributed by atoms with Gasteiger partial charge in [-0.2, -0.15) is 0 Å². The minimum Gasteiger partial charge on any atom is -0.374 e. The van der Waals surface area contributed by atoms with Crippen molar-refractivity contribution >= 4 is 22.4 Å². The Labute approximate surface area is 110 Å². The average Bonchev–Trinajstić information content (AvgIpc) is 2.77. The van der Waals surface area contributed by atoms with Crippen LogP contribution in [0.1, 0.15) is 38.1 Å². The third kappa shape index (κ3) is 2.97. The number of nitrogens with zero attached hydrogens (tertiary/aromatic N) is 2. The number of hydrogen-bond acceptors (Lipinski definition) is 6. The lowest BCUT2D eigenvalue weighted by Gasteiger charge is -2.28. The van der Waals surface area contributed by atoms with Crippen LogP contribution in [0, 0.1) is 0 Å². The Morgan fingerprint density at radius 3 is 2.83 bits per heavy atom. The highest BCUT2D eigenvalue weighted by molar-refractivity contribution is 7.15. The summed E-state index contributed by atoms with van der Waals surface area (Å²) in [5.41, 5.74) is 4.98. The summed E-state index contributed by atoms with van der Waals surface area (Å²) in [5, 5.41) is 11.8. The van der Waals surface area contributed by atoms with E-state index in [1.807, 2.05) is 13.8 Å². The molecule has 1 fully saturated rings. The standard InChI is InChI=1S/C11H18N4O2S/c1-11(2,9-14-15-10(12)18-9)13-8(16)7-5-3-4-6-17-7/h7H,3-6H2,1-2H3,(H2,12,15)(H,13,16). The molecule has 0 bridgehead atoms. The van der Waals surface area contributed by atoms with Crippen LogP contribution in [0.2, 0.25) is 0 Å². The Morgan fingerprint density at radius 1 is 1.50 bits per heavy atom. The predicted molar refractivity (Wildman–Crippen MR) is 69.1 cm³/mol. The first-order chi connectivity index (χ1) is 8.49.